The second-order valence-corrected chi connectivity index (χ2v) is 5.31. The third kappa shape index (κ3) is 5.21. The third-order valence-corrected chi connectivity index (χ3v) is 3.84. The van der Waals surface area contributed by atoms with Gasteiger partial charge in [-0.15, -0.1) is 12.4 Å². The predicted octanol–water partition coefficient (Wildman–Crippen LogP) is 4.24. The lowest BCUT2D eigenvalue weighted by Gasteiger charge is -2.23. The molecule has 0 spiro atoms. The van der Waals surface area contributed by atoms with Crippen molar-refractivity contribution in [2.24, 2.45) is 0 Å². The molecule has 1 fully saturated rings. The van der Waals surface area contributed by atoms with Crippen LogP contribution in [0.25, 0.3) is 0 Å². The number of hydrogen-bond acceptors (Lipinski definition) is 2. The third-order valence-electron chi connectivity index (χ3n) is 3.54. The van der Waals surface area contributed by atoms with Gasteiger partial charge in [0.25, 0.3) is 0 Å². The molecule has 108 valence electrons. The normalized spacial score (nSPS) is 18.7. The molecule has 1 aliphatic heterocycles. The maximum atomic E-state index is 6.19. The minimum Gasteiger partial charge on any atom is -0.492 e. The van der Waals surface area contributed by atoms with Crippen molar-refractivity contribution in [2.75, 3.05) is 13.2 Å². The number of nitrogens with one attached hydrogen (secondary N) is 1. The molecular formula is C15H23Cl2NO. The van der Waals surface area contributed by atoms with Crippen molar-refractivity contribution in [2.45, 2.75) is 45.1 Å². The summed E-state index contributed by atoms with van der Waals surface area (Å²) >= 11 is 6.19. The lowest BCUT2D eigenvalue weighted by atomic mass is 10.0. The van der Waals surface area contributed by atoms with Gasteiger partial charge in [-0.2, -0.15) is 0 Å². The number of rotatable bonds is 5. The Kier molecular flexibility index (Phi) is 7.59. The lowest BCUT2D eigenvalue weighted by molar-refractivity contribution is 0.268. The maximum absolute atomic E-state index is 6.19. The minimum atomic E-state index is 0. The molecule has 2 nitrogen and oxygen atoms in total. The van der Waals surface area contributed by atoms with E-state index < -0.39 is 0 Å². The smallest absolute Gasteiger partial charge is 0.137 e. The van der Waals surface area contributed by atoms with Crippen molar-refractivity contribution in [1.82, 2.24) is 5.32 Å². The van der Waals surface area contributed by atoms with Crippen LogP contribution in [0.3, 0.4) is 0 Å². The second-order valence-electron chi connectivity index (χ2n) is 4.90. The molecule has 1 saturated heterocycles. The molecule has 2 rings (SSSR count). The molecule has 4 heteroatoms. The van der Waals surface area contributed by atoms with Crippen molar-refractivity contribution in [3.8, 4) is 5.75 Å². The number of halogens is 2. The Morgan fingerprint density at radius 3 is 2.84 bits per heavy atom. The summed E-state index contributed by atoms with van der Waals surface area (Å²) in [5.41, 5.74) is 1.25. The van der Waals surface area contributed by atoms with Gasteiger partial charge in [0, 0.05) is 6.04 Å². The second kappa shape index (κ2) is 8.68. The Balaban J connectivity index is 0.00000180. The van der Waals surface area contributed by atoms with Gasteiger partial charge in [0.05, 0.1) is 11.6 Å². The zero-order valence-corrected chi connectivity index (χ0v) is 13.0. The fourth-order valence-electron chi connectivity index (χ4n) is 2.36. The number of aryl methyl sites for hydroxylation is 1. The molecule has 1 unspecified atom stereocenters. The van der Waals surface area contributed by atoms with Gasteiger partial charge in [-0.1, -0.05) is 31.0 Å². The van der Waals surface area contributed by atoms with Crippen molar-refractivity contribution >= 4 is 24.0 Å². The quantitative estimate of drug-likeness (QED) is 0.878. The topological polar surface area (TPSA) is 21.3 Å². The van der Waals surface area contributed by atoms with Crippen LogP contribution >= 0.6 is 24.0 Å². The van der Waals surface area contributed by atoms with E-state index >= 15 is 0 Å². The highest BCUT2D eigenvalue weighted by atomic mass is 35.5. The van der Waals surface area contributed by atoms with Gasteiger partial charge in [-0.05, 0) is 49.9 Å². The molecule has 1 aliphatic rings. The highest BCUT2D eigenvalue weighted by Gasteiger charge is 2.12. The Morgan fingerprint density at radius 2 is 2.21 bits per heavy atom. The summed E-state index contributed by atoms with van der Waals surface area (Å²) in [5.74, 6) is 0.810. The standard InChI is InChI=1S/C15H22ClNO.ClH/c1-2-12-6-7-15(14(16)11-12)18-10-8-13-5-3-4-9-17-13;/h6-7,11,13,17H,2-5,8-10H2,1H3;1H. The van der Waals surface area contributed by atoms with Crippen molar-refractivity contribution in [3.63, 3.8) is 0 Å². The van der Waals surface area contributed by atoms with Crippen molar-refractivity contribution < 1.29 is 4.74 Å². The van der Waals surface area contributed by atoms with E-state index in [4.69, 9.17) is 16.3 Å². The zero-order chi connectivity index (χ0) is 12.8. The van der Waals surface area contributed by atoms with Gasteiger partial charge in [0.2, 0.25) is 0 Å². The monoisotopic (exact) mass is 303 g/mol. The first-order chi connectivity index (χ1) is 8.79. The number of hydrogen-bond donors (Lipinski definition) is 1. The summed E-state index contributed by atoms with van der Waals surface area (Å²) in [4.78, 5) is 0. The molecule has 1 N–H and O–H groups in total. The molecule has 1 atom stereocenters. The van der Waals surface area contributed by atoms with Crippen LogP contribution in [0.5, 0.6) is 5.75 Å². The Bertz CT molecular complexity index is 378. The van der Waals surface area contributed by atoms with E-state index in [0.29, 0.717) is 6.04 Å². The van der Waals surface area contributed by atoms with Crippen LogP contribution < -0.4 is 10.1 Å². The van der Waals surface area contributed by atoms with E-state index in [0.717, 1.165) is 36.8 Å². The van der Waals surface area contributed by atoms with Crippen molar-refractivity contribution in [3.05, 3.63) is 28.8 Å². The van der Waals surface area contributed by atoms with Crippen LogP contribution in [0.15, 0.2) is 18.2 Å². The molecule has 1 aromatic carbocycles. The molecule has 1 heterocycles. The number of benzene rings is 1. The predicted molar refractivity (Wildman–Crippen MR) is 83.8 cm³/mol. The molecule has 0 radical (unpaired) electrons. The molecular weight excluding hydrogens is 281 g/mol. The van der Waals surface area contributed by atoms with Gasteiger partial charge in [0.1, 0.15) is 5.75 Å². The summed E-state index contributed by atoms with van der Waals surface area (Å²) < 4.78 is 5.77. The Morgan fingerprint density at radius 1 is 1.37 bits per heavy atom. The average molecular weight is 304 g/mol. The molecule has 0 amide bonds. The van der Waals surface area contributed by atoms with Crippen LogP contribution in [0.4, 0.5) is 0 Å². The Hall–Kier alpha value is -0.440. The minimum absolute atomic E-state index is 0. The maximum Gasteiger partial charge on any atom is 0.137 e. The first kappa shape index (κ1) is 16.6. The molecule has 1 aromatic rings. The summed E-state index contributed by atoms with van der Waals surface area (Å²) in [6.07, 6.45) is 5.98. The van der Waals surface area contributed by atoms with Gasteiger partial charge >= 0.3 is 0 Å². The van der Waals surface area contributed by atoms with Crippen LogP contribution in [0.1, 0.15) is 38.2 Å². The number of piperidine rings is 1. The zero-order valence-electron chi connectivity index (χ0n) is 11.5. The van der Waals surface area contributed by atoms with E-state index in [1.807, 2.05) is 12.1 Å². The van der Waals surface area contributed by atoms with E-state index in [-0.39, 0.29) is 12.4 Å². The molecule has 0 aliphatic carbocycles. The highest BCUT2D eigenvalue weighted by Crippen LogP contribution is 2.26. The summed E-state index contributed by atoms with van der Waals surface area (Å²) in [7, 11) is 0. The van der Waals surface area contributed by atoms with Crippen molar-refractivity contribution in [1.29, 1.82) is 0 Å². The van der Waals surface area contributed by atoms with Gasteiger partial charge in [-0.25, -0.2) is 0 Å². The fraction of sp³-hybridized carbons (Fsp3) is 0.600. The van der Waals surface area contributed by atoms with E-state index in [2.05, 4.69) is 18.3 Å². The fourth-order valence-corrected chi connectivity index (χ4v) is 2.62. The van der Waals surface area contributed by atoms with Crippen LogP contribution in [-0.4, -0.2) is 19.2 Å². The number of ether oxygens (including phenoxy) is 1. The highest BCUT2D eigenvalue weighted by molar-refractivity contribution is 6.32. The van der Waals surface area contributed by atoms with E-state index in [9.17, 15) is 0 Å². The van der Waals surface area contributed by atoms with Crippen LogP contribution in [-0.2, 0) is 6.42 Å². The van der Waals surface area contributed by atoms with Gasteiger partial charge < -0.3 is 10.1 Å². The van der Waals surface area contributed by atoms with E-state index in [1.54, 1.807) is 0 Å². The lowest BCUT2D eigenvalue weighted by Crippen LogP contribution is -2.35. The molecule has 0 aromatic heterocycles. The average Bonchev–Trinajstić information content (AvgIpc) is 2.42. The first-order valence-electron chi connectivity index (χ1n) is 6.94. The Labute approximate surface area is 127 Å². The van der Waals surface area contributed by atoms with Gasteiger partial charge in [0.15, 0.2) is 0 Å². The largest absolute Gasteiger partial charge is 0.492 e. The van der Waals surface area contributed by atoms with E-state index in [1.165, 1.54) is 24.8 Å². The summed E-state index contributed by atoms with van der Waals surface area (Å²) in [6, 6.07) is 6.68. The summed E-state index contributed by atoms with van der Waals surface area (Å²) in [6.45, 7) is 4.01. The van der Waals surface area contributed by atoms with Gasteiger partial charge in [-0.3, -0.25) is 0 Å². The molecule has 0 bridgehead atoms. The molecule has 0 saturated carbocycles. The van der Waals surface area contributed by atoms with Crippen LogP contribution in [0.2, 0.25) is 5.02 Å². The van der Waals surface area contributed by atoms with Crippen LogP contribution in [0, 0.1) is 0 Å². The summed E-state index contributed by atoms with van der Waals surface area (Å²) in [5, 5.41) is 4.25. The molecule has 19 heavy (non-hydrogen) atoms. The first-order valence-corrected chi connectivity index (χ1v) is 7.32. The SMILES string of the molecule is CCc1ccc(OCCC2CCCCN2)c(Cl)c1.Cl.